The second kappa shape index (κ2) is 10.1. The Balaban J connectivity index is 0.00000169. The lowest BCUT2D eigenvalue weighted by molar-refractivity contribution is 0.362. The number of rotatable bonds is 5. The van der Waals surface area contributed by atoms with Gasteiger partial charge < -0.3 is 5.32 Å². The Morgan fingerprint density at radius 1 is 1.12 bits per heavy atom. The third-order valence-electron chi connectivity index (χ3n) is 4.86. The van der Waals surface area contributed by atoms with E-state index in [4.69, 9.17) is 0 Å². The molecule has 7 heteroatoms. The van der Waals surface area contributed by atoms with Crippen LogP contribution in [0.1, 0.15) is 42.3 Å². The lowest BCUT2D eigenvalue weighted by Crippen LogP contribution is -2.30. The molecule has 0 spiro atoms. The van der Waals surface area contributed by atoms with Gasteiger partial charge in [-0.3, -0.25) is 4.57 Å². The van der Waals surface area contributed by atoms with Gasteiger partial charge >= 0.3 is 5.69 Å². The maximum atomic E-state index is 12.7. The lowest BCUT2D eigenvalue weighted by Gasteiger charge is -2.21. The fourth-order valence-corrected chi connectivity index (χ4v) is 3.73. The van der Waals surface area contributed by atoms with Crippen LogP contribution in [0.3, 0.4) is 0 Å². The molecule has 5 nitrogen and oxygen atoms in total. The first-order valence-corrected chi connectivity index (χ1v) is 9.01. The predicted molar refractivity (Wildman–Crippen MR) is 111 cm³/mol. The van der Waals surface area contributed by atoms with Gasteiger partial charge in [-0.2, -0.15) is 5.10 Å². The molecule has 0 bridgehead atoms. The molecule has 1 N–H and O–H groups in total. The first-order chi connectivity index (χ1) is 11.6. The van der Waals surface area contributed by atoms with Crippen molar-refractivity contribution < 1.29 is 0 Å². The van der Waals surface area contributed by atoms with Crippen LogP contribution in [0.15, 0.2) is 23.0 Å². The molecule has 0 atom stereocenters. The summed E-state index contributed by atoms with van der Waals surface area (Å²) >= 11 is 0. The molecule has 26 heavy (non-hydrogen) atoms. The van der Waals surface area contributed by atoms with Gasteiger partial charge in [0.25, 0.3) is 0 Å². The summed E-state index contributed by atoms with van der Waals surface area (Å²) < 4.78 is 3.47. The number of halogens is 2. The van der Waals surface area contributed by atoms with E-state index in [1.807, 2.05) is 11.5 Å². The van der Waals surface area contributed by atoms with E-state index in [0.717, 1.165) is 30.9 Å². The van der Waals surface area contributed by atoms with E-state index in [9.17, 15) is 4.79 Å². The highest BCUT2D eigenvalue weighted by atomic mass is 35.5. The van der Waals surface area contributed by atoms with Crippen LogP contribution in [-0.4, -0.2) is 27.4 Å². The number of piperidine rings is 1. The van der Waals surface area contributed by atoms with Gasteiger partial charge in [0.2, 0.25) is 0 Å². The molecule has 2 aromatic rings. The number of hydrogen-bond donors (Lipinski definition) is 1. The minimum absolute atomic E-state index is 0. The molecule has 1 aromatic carbocycles. The zero-order valence-corrected chi connectivity index (χ0v) is 17.5. The van der Waals surface area contributed by atoms with Crippen LogP contribution in [-0.2, 0) is 19.5 Å². The Labute approximate surface area is 168 Å². The van der Waals surface area contributed by atoms with E-state index >= 15 is 0 Å². The summed E-state index contributed by atoms with van der Waals surface area (Å²) in [5.41, 5.74) is 3.61. The fourth-order valence-electron chi connectivity index (χ4n) is 3.73. The number of aryl methyl sites for hydroxylation is 2. The molecule has 0 aliphatic carbocycles. The number of nitrogens with zero attached hydrogens (tertiary/aromatic N) is 3. The molecular formula is C19H30Cl2N4O. The molecule has 1 aliphatic heterocycles. The van der Waals surface area contributed by atoms with Crippen molar-refractivity contribution in [3.8, 4) is 0 Å². The monoisotopic (exact) mass is 400 g/mol. The summed E-state index contributed by atoms with van der Waals surface area (Å²) in [7, 11) is 0. The highest BCUT2D eigenvalue weighted by Gasteiger charge is 2.19. The molecule has 3 rings (SSSR count). The number of aromatic nitrogens is 3. The van der Waals surface area contributed by atoms with Crippen LogP contribution in [0.4, 0.5) is 0 Å². The van der Waals surface area contributed by atoms with Gasteiger partial charge in [0.05, 0.1) is 6.54 Å². The van der Waals surface area contributed by atoms with Gasteiger partial charge in [0.15, 0.2) is 0 Å². The van der Waals surface area contributed by atoms with Crippen LogP contribution in [0, 0.1) is 19.8 Å². The zero-order chi connectivity index (χ0) is 17.1. The smallest absolute Gasteiger partial charge is 0.317 e. The number of hydrogen-bond acceptors (Lipinski definition) is 3. The minimum atomic E-state index is 0. The summed E-state index contributed by atoms with van der Waals surface area (Å²) in [5, 5.41) is 8.07. The van der Waals surface area contributed by atoms with Crippen LogP contribution in [0.5, 0.6) is 0 Å². The Bertz CT molecular complexity index is 743. The standard InChI is InChI=1S/C19H28N4O.2ClH/c1-4-22-18(12-16-5-7-20-8-6-16)21-23(19(22)24)13-17-10-14(2)9-15(3)11-17;;/h9-11,16,20H,4-8,12-13H2,1-3H3;2*1H. The first-order valence-electron chi connectivity index (χ1n) is 9.01. The molecule has 1 fully saturated rings. The lowest BCUT2D eigenvalue weighted by atomic mass is 9.94. The van der Waals surface area contributed by atoms with Crippen LogP contribution >= 0.6 is 24.8 Å². The van der Waals surface area contributed by atoms with Gasteiger partial charge in [-0.25, -0.2) is 9.48 Å². The molecular weight excluding hydrogens is 371 g/mol. The SMILES string of the molecule is CCn1c(CC2CCNCC2)nn(Cc2cc(C)cc(C)c2)c1=O.Cl.Cl. The molecule has 1 saturated heterocycles. The van der Waals surface area contributed by atoms with Crippen molar-refractivity contribution in [1.82, 2.24) is 19.7 Å². The van der Waals surface area contributed by atoms with E-state index in [-0.39, 0.29) is 30.5 Å². The van der Waals surface area contributed by atoms with Crippen molar-refractivity contribution in [1.29, 1.82) is 0 Å². The third kappa shape index (κ3) is 5.35. The van der Waals surface area contributed by atoms with Gasteiger partial charge in [0.1, 0.15) is 5.82 Å². The summed E-state index contributed by atoms with van der Waals surface area (Å²) in [6.45, 7) is 9.59. The van der Waals surface area contributed by atoms with Crippen molar-refractivity contribution in [3.05, 3.63) is 51.2 Å². The predicted octanol–water partition coefficient (Wildman–Crippen LogP) is 3.12. The van der Waals surface area contributed by atoms with Crippen molar-refractivity contribution in [2.45, 2.75) is 53.1 Å². The molecule has 1 aliphatic rings. The summed E-state index contributed by atoms with van der Waals surface area (Å²) in [4.78, 5) is 12.7. The minimum Gasteiger partial charge on any atom is -0.317 e. The van der Waals surface area contributed by atoms with E-state index in [1.165, 1.54) is 24.0 Å². The van der Waals surface area contributed by atoms with Crippen molar-refractivity contribution in [3.63, 3.8) is 0 Å². The zero-order valence-electron chi connectivity index (χ0n) is 15.8. The van der Waals surface area contributed by atoms with E-state index in [2.05, 4.69) is 42.5 Å². The molecule has 0 amide bonds. The van der Waals surface area contributed by atoms with Crippen molar-refractivity contribution in [2.75, 3.05) is 13.1 Å². The molecule has 2 heterocycles. The highest BCUT2D eigenvalue weighted by molar-refractivity contribution is 5.85. The maximum Gasteiger partial charge on any atom is 0.346 e. The van der Waals surface area contributed by atoms with Crippen molar-refractivity contribution >= 4 is 24.8 Å². The van der Waals surface area contributed by atoms with E-state index < -0.39 is 0 Å². The number of benzene rings is 1. The molecule has 1 aromatic heterocycles. The quantitative estimate of drug-likeness (QED) is 0.838. The van der Waals surface area contributed by atoms with Gasteiger partial charge in [-0.1, -0.05) is 29.3 Å². The normalized spacial score (nSPS) is 14.6. The fraction of sp³-hybridized carbons (Fsp3) is 0.579. The highest BCUT2D eigenvalue weighted by Crippen LogP contribution is 2.17. The average Bonchev–Trinajstić information content (AvgIpc) is 2.82. The maximum absolute atomic E-state index is 12.7. The Morgan fingerprint density at radius 3 is 2.31 bits per heavy atom. The second-order valence-corrected chi connectivity index (χ2v) is 6.99. The Kier molecular flexibility index (Phi) is 8.87. The summed E-state index contributed by atoms with van der Waals surface area (Å²) in [6, 6.07) is 6.42. The van der Waals surface area contributed by atoms with Crippen molar-refractivity contribution in [2.24, 2.45) is 5.92 Å². The first kappa shape index (κ1) is 22.7. The average molecular weight is 401 g/mol. The van der Waals surface area contributed by atoms with Gasteiger partial charge in [-0.15, -0.1) is 24.8 Å². The Morgan fingerprint density at radius 2 is 1.73 bits per heavy atom. The third-order valence-corrected chi connectivity index (χ3v) is 4.86. The van der Waals surface area contributed by atoms with Gasteiger partial charge in [0, 0.05) is 13.0 Å². The Hall–Kier alpha value is -1.30. The van der Waals surface area contributed by atoms with Crippen LogP contribution in [0.25, 0.3) is 0 Å². The summed E-state index contributed by atoms with van der Waals surface area (Å²) in [6.07, 6.45) is 3.24. The van der Waals surface area contributed by atoms with Crippen LogP contribution < -0.4 is 11.0 Å². The summed E-state index contributed by atoms with van der Waals surface area (Å²) in [5.74, 6) is 1.58. The topological polar surface area (TPSA) is 51.9 Å². The second-order valence-electron chi connectivity index (χ2n) is 6.99. The van der Waals surface area contributed by atoms with Gasteiger partial charge in [-0.05, 0) is 58.2 Å². The largest absolute Gasteiger partial charge is 0.346 e. The number of nitrogens with one attached hydrogen (secondary N) is 1. The molecule has 0 radical (unpaired) electrons. The molecule has 0 unspecified atom stereocenters. The molecule has 146 valence electrons. The van der Waals surface area contributed by atoms with E-state index in [1.54, 1.807) is 4.68 Å². The van der Waals surface area contributed by atoms with Crippen LogP contribution in [0.2, 0.25) is 0 Å². The van der Waals surface area contributed by atoms with E-state index in [0.29, 0.717) is 19.0 Å². The molecule has 0 saturated carbocycles.